The summed E-state index contributed by atoms with van der Waals surface area (Å²) in [6.07, 6.45) is 0. The van der Waals surface area contributed by atoms with E-state index in [-0.39, 0.29) is 63.6 Å². The van der Waals surface area contributed by atoms with Crippen molar-refractivity contribution in [2.75, 3.05) is 43.7 Å². The van der Waals surface area contributed by atoms with E-state index in [1.165, 1.54) is 0 Å². The number of hydrogen-bond acceptors (Lipinski definition) is 9. The maximum absolute atomic E-state index is 7.57. The summed E-state index contributed by atoms with van der Waals surface area (Å²) in [6.45, 7) is 5.79. The van der Waals surface area contributed by atoms with E-state index >= 15 is 0 Å². The van der Waals surface area contributed by atoms with Gasteiger partial charge >= 0.3 is 0 Å². The minimum Gasteiger partial charge on any atom is -0.397 e. The second-order valence-electron chi connectivity index (χ2n) is 2.57. The SMILES string of the molecule is CCO.CCO.CCO.CNc1nc(N)nc(N)n1.Cl.[Zn]. The molecule has 0 saturated heterocycles. The minimum absolute atomic E-state index is 0. The molecule has 0 radical (unpaired) electrons. The Kier molecular flexibility index (Phi) is 42.3. The fourth-order valence-corrected chi connectivity index (χ4v) is 0.521. The van der Waals surface area contributed by atoms with Gasteiger partial charge in [-0.1, -0.05) is 0 Å². The van der Waals surface area contributed by atoms with Crippen LogP contribution in [-0.2, 0) is 19.5 Å². The van der Waals surface area contributed by atoms with Gasteiger partial charge in [0.25, 0.3) is 0 Å². The molecule has 1 rings (SSSR count). The van der Waals surface area contributed by atoms with E-state index in [2.05, 4.69) is 20.3 Å². The molecule has 124 valence electrons. The maximum atomic E-state index is 7.57. The largest absolute Gasteiger partial charge is 0.397 e. The maximum Gasteiger partial charge on any atom is 0.229 e. The van der Waals surface area contributed by atoms with Crippen molar-refractivity contribution in [2.45, 2.75) is 20.8 Å². The van der Waals surface area contributed by atoms with Crippen LogP contribution in [0.2, 0.25) is 0 Å². The van der Waals surface area contributed by atoms with Crippen LogP contribution in [-0.4, -0.2) is 57.1 Å². The molecule has 1 aromatic rings. The molecule has 8 N–H and O–H groups in total. The third-order valence-corrected chi connectivity index (χ3v) is 0.894. The molecule has 0 saturated carbocycles. The van der Waals surface area contributed by atoms with Gasteiger partial charge < -0.3 is 32.1 Å². The normalized spacial score (nSPS) is 7.00. The van der Waals surface area contributed by atoms with Crippen molar-refractivity contribution in [1.29, 1.82) is 0 Å². The predicted molar refractivity (Wildman–Crippen MR) is 83.7 cm³/mol. The molecule has 0 aliphatic heterocycles. The van der Waals surface area contributed by atoms with Gasteiger partial charge in [-0.05, 0) is 20.8 Å². The van der Waals surface area contributed by atoms with Crippen molar-refractivity contribution in [2.24, 2.45) is 0 Å². The van der Waals surface area contributed by atoms with Crippen LogP contribution < -0.4 is 16.8 Å². The summed E-state index contributed by atoms with van der Waals surface area (Å²) in [4.78, 5) is 11.0. The molecule has 9 nitrogen and oxygen atoms in total. The van der Waals surface area contributed by atoms with Crippen molar-refractivity contribution in [1.82, 2.24) is 15.0 Å². The molecule has 0 aliphatic carbocycles. The summed E-state index contributed by atoms with van der Waals surface area (Å²) in [5.74, 6) is 0.624. The molecule has 0 bridgehead atoms. The van der Waals surface area contributed by atoms with Gasteiger partial charge in [-0.15, -0.1) is 12.4 Å². The molecule has 0 aromatic carbocycles. The van der Waals surface area contributed by atoms with Gasteiger partial charge in [0.05, 0.1) is 0 Å². The zero-order valence-electron chi connectivity index (χ0n) is 13.1. The molecule has 0 fully saturated rings. The molecule has 0 unspecified atom stereocenters. The Morgan fingerprint density at radius 3 is 1.29 bits per heavy atom. The summed E-state index contributed by atoms with van der Waals surface area (Å²) < 4.78 is 0. The fraction of sp³-hybridized carbons (Fsp3) is 0.700. The molecule has 0 aliphatic rings. The third kappa shape index (κ3) is 32.6. The summed E-state index contributed by atoms with van der Waals surface area (Å²) in [7, 11) is 1.67. The molecule has 0 spiro atoms. The monoisotopic (exact) mass is 378 g/mol. The van der Waals surface area contributed by atoms with Gasteiger partial charge in [-0.2, -0.15) is 15.0 Å². The van der Waals surface area contributed by atoms with Crippen molar-refractivity contribution >= 4 is 30.3 Å². The predicted octanol–water partition coefficient (Wildman–Crippen LogP) is -0.507. The zero-order chi connectivity index (χ0) is 15.7. The number of aliphatic hydroxyl groups excluding tert-OH is 3. The van der Waals surface area contributed by atoms with E-state index in [1.807, 2.05) is 0 Å². The van der Waals surface area contributed by atoms with Crippen molar-refractivity contribution in [3.8, 4) is 0 Å². The number of rotatable bonds is 1. The summed E-state index contributed by atoms with van der Waals surface area (Å²) in [5, 5.41) is 25.4. The average Bonchev–Trinajstić information content (AvgIpc) is 2.30. The zero-order valence-corrected chi connectivity index (χ0v) is 16.9. The van der Waals surface area contributed by atoms with Gasteiger partial charge in [-0.3, -0.25) is 0 Å². The van der Waals surface area contributed by atoms with Crippen LogP contribution in [0.25, 0.3) is 0 Å². The van der Waals surface area contributed by atoms with Crippen molar-refractivity contribution in [3.05, 3.63) is 0 Å². The fourth-order valence-electron chi connectivity index (χ4n) is 0.521. The number of nitrogens with zero attached hydrogens (tertiary/aromatic N) is 3. The van der Waals surface area contributed by atoms with Crippen LogP contribution in [0.1, 0.15) is 20.8 Å². The Morgan fingerprint density at radius 1 is 0.857 bits per heavy atom. The van der Waals surface area contributed by atoms with Crippen LogP contribution in [0.15, 0.2) is 0 Å². The first-order valence-corrected chi connectivity index (χ1v) is 5.74. The smallest absolute Gasteiger partial charge is 0.229 e. The summed E-state index contributed by atoms with van der Waals surface area (Å²) >= 11 is 0. The van der Waals surface area contributed by atoms with Gasteiger partial charge in [0.15, 0.2) is 0 Å². The first-order chi connectivity index (χ1) is 8.96. The van der Waals surface area contributed by atoms with Crippen LogP contribution in [0.5, 0.6) is 0 Å². The Morgan fingerprint density at radius 2 is 1.10 bits per heavy atom. The topological polar surface area (TPSA) is 163 Å². The Bertz CT molecular complexity index is 274. The molecular weight excluding hydrogens is 353 g/mol. The molecule has 0 atom stereocenters. The van der Waals surface area contributed by atoms with Gasteiger partial charge in [0.2, 0.25) is 17.8 Å². The third-order valence-electron chi connectivity index (χ3n) is 0.894. The Labute approximate surface area is 144 Å². The summed E-state index contributed by atoms with van der Waals surface area (Å²) in [6, 6.07) is 0. The number of anilines is 3. The minimum atomic E-state index is 0. The first kappa shape index (κ1) is 32.2. The number of nitrogens with one attached hydrogen (secondary N) is 1. The number of halogens is 1. The van der Waals surface area contributed by atoms with E-state index in [1.54, 1.807) is 27.8 Å². The standard InChI is InChI=1S/C4H8N6.3C2H6O.ClH.Zn/c1-7-4-9-2(5)8-3(6)10-4;3*1-2-3;;/h1H3,(H5,5,6,7,8,9,10);3*3H,2H2,1H3;1H;. The molecule has 1 aromatic heterocycles. The van der Waals surface area contributed by atoms with Crippen LogP contribution in [0.4, 0.5) is 17.8 Å². The number of aliphatic hydroxyl groups is 3. The average molecular weight is 380 g/mol. The molecular formula is C10H27ClN6O3Zn. The Balaban J connectivity index is -0.0000000663. The van der Waals surface area contributed by atoms with Crippen LogP contribution >= 0.6 is 12.4 Å². The number of aromatic nitrogens is 3. The second-order valence-corrected chi connectivity index (χ2v) is 2.57. The molecule has 11 heteroatoms. The second kappa shape index (κ2) is 27.5. The van der Waals surface area contributed by atoms with Gasteiger partial charge in [-0.25, -0.2) is 0 Å². The van der Waals surface area contributed by atoms with E-state index < -0.39 is 0 Å². The first-order valence-electron chi connectivity index (χ1n) is 5.74. The van der Waals surface area contributed by atoms with Crippen molar-refractivity contribution < 1.29 is 34.8 Å². The number of nitrogen functional groups attached to an aromatic ring is 2. The van der Waals surface area contributed by atoms with Gasteiger partial charge in [0, 0.05) is 46.3 Å². The van der Waals surface area contributed by atoms with Crippen molar-refractivity contribution in [3.63, 3.8) is 0 Å². The Hall–Kier alpha value is -0.797. The van der Waals surface area contributed by atoms with E-state index in [0.29, 0.717) is 5.95 Å². The van der Waals surface area contributed by atoms with E-state index in [0.717, 1.165) is 0 Å². The number of nitrogens with two attached hydrogens (primary N) is 2. The van der Waals surface area contributed by atoms with E-state index in [9.17, 15) is 0 Å². The summed E-state index contributed by atoms with van der Waals surface area (Å²) in [5.41, 5.74) is 10.5. The van der Waals surface area contributed by atoms with Crippen LogP contribution in [0, 0.1) is 0 Å². The molecule has 0 amide bonds. The van der Waals surface area contributed by atoms with E-state index in [4.69, 9.17) is 26.8 Å². The molecule has 1 heterocycles. The molecule has 21 heavy (non-hydrogen) atoms. The van der Waals surface area contributed by atoms with Crippen LogP contribution in [0.3, 0.4) is 0 Å². The number of hydrogen-bond donors (Lipinski definition) is 6. The quantitative estimate of drug-likeness (QED) is 0.352. The van der Waals surface area contributed by atoms with Gasteiger partial charge in [0.1, 0.15) is 0 Å².